The van der Waals surface area contributed by atoms with Crippen LogP contribution in [0.1, 0.15) is 18.0 Å². The van der Waals surface area contributed by atoms with E-state index in [2.05, 4.69) is 21.2 Å². The molecule has 6 heteroatoms. The lowest BCUT2D eigenvalue weighted by Crippen LogP contribution is -2.20. The Morgan fingerprint density at radius 3 is 2.62 bits per heavy atom. The average Bonchev–Trinajstić information content (AvgIpc) is 2.45. The van der Waals surface area contributed by atoms with Crippen LogP contribution in [0.3, 0.4) is 0 Å². The second-order valence-corrected chi connectivity index (χ2v) is 6.50. The number of fused-ring (bicyclic) bond motifs is 1. The summed E-state index contributed by atoms with van der Waals surface area (Å²) in [5.41, 5.74) is 1.73. The molecule has 0 aliphatic carbocycles. The Kier molecular flexibility index (Phi) is 4.29. The highest BCUT2D eigenvalue weighted by molar-refractivity contribution is 9.10. The Balaban J connectivity index is 1.92. The highest BCUT2D eigenvalue weighted by Gasteiger charge is 2.22. The smallest absolute Gasteiger partial charge is 0.160 e. The number of rotatable bonds is 2. The van der Waals surface area contributed by atoms with Crippen molar-refractivity contribution >= 4 is 44.8 Å². The fourth-order valence-corrected chi connectivity index (χ4v) is 3.22. The number of halogens is 4. The summed E-state index contributed by atoms with van der Waals surface area (Å²) in [5.74, 6) is 0.250. The van der Waals surface area contributed by atoms with E-state index in [0.29, 0.717) is 12.3 Å². The van der Waals surface area contributed by atoms with Crippen LogP contribution in [0.25, 0.3) is 0 Å². The van der Waals surface area contributed by atoms with Gasteiger partial charge in [-0.3, -0.25) is 0 Å². The first-order valence-corrected chi connectivity index (χ1v) is 7.93. The standard InChI is InChI=1S/C15H11BrCl2FNO/c16-8-1-2-14-10(5-8)13(3-4-21-14)20-9-6-11(17)15(19)12(18)7-9/h1-2,5-7,13,20H,3-4H2. The summed E-state index contributed by atoms with van der Waals surface area (Å²) in [7, 11) is 0. The fraction of sp³-hybridized carbons (Fsp3) is 0.200. The van der Waals surface area contributed by atoms with Gasteiger partial charge in [-0.2, -0.15) is 0 Å². The summed E-state index contributed by atoms with van der Waals surface area (Å²) < 4.78 is 20.1. The second-order valence-electron chi connectivity index (χ2n) is 4.77. The summed E-state index contributed by atoms with van der Waals surface area (Å²) in [5, 5.41) is 3.35. The van der Waals surface area contributed by atoms with Crippen LogP contribution in [0, 0.1) is 5.82 Å². The molecule has 0 amide bonds. The van der Waals surface area contributed by atoms with E-state index in [1.54, 1.807) is 0 Å². The molecule has 0 bridgehead atoms. The molecule has 2 aromatic carbocycles. The number of ether oxygens (including phenoxy) is 1. The van der Waals surface area contributed by atoms with Gasteiger partial charge in [0.15, 0.2) is 5.82 Å². The molecular formula is C15H11BrCl2FNO. The van der Waals surface area contributed by atoms with E-state index in [1.165, 1.54) is 12.1 Å². The fourth-order valence-electron chi connectivity index (χ4n) is 2.36. The van der Waals surface area contributed by atoms with E-state index in [9.17, 15) is 4.39 Å². The van der Waals surface area contributed by atoms with Crippen molar-refractivity contribution in [2.75, 3.05) is 11.9 Å². The highest BCUT2D eigenvalue weighted by Crippen LogP contribution is 2.37. The Hall–Kier alpha value is -0.970. The normalized spacial score (nSPS) is 17.0. The molecular weight excluding hydrogens is 380 g/mol. The minimum absolute atomic E-state index is 0.00604. The quantitative estimate of drug-likeness (QED) is 0.651. The van der Waals surface area contributed by atoms with Crippen molar-refractivity contribution in [3.8, 4) is 5.75 Å². The molecule has 1 heterocycles. The van der Waals surface area contributed by atoms with Crippen molar-refractivity contribution < 1.29 is 9.13 Å². The first-order chi connectivity index (χ1) is 10.0. The van der Waals surface area contributed by atoms with Crippen LogP contribution < -0.4 is 10.1 Å². The van der Waals surface area contributed by atoms with Crippen LogP contribution in [0.2, 0.25) is 10.0 Å². The number of nitrogens with one attached hydrogen (secondary N) is 1. The predicted molar refractivity (Wildman–Crippen MR) is 87.0 cm³/mol. The third kappa shape index (κ3) is 3.12. The zero-order valence-corrected chi connectivity index (χ0v) is 13.9. The molecule has 110 valence electrons. The van der Waals surface area contributed by atoms with Crippen LogP contribution in [0.5, 0.6) is 5.75 Å². The lowest BCUT2D eigenvalue weighted by molar-refractivity contribution is 0.274. The van der Waals surface area contributed by atoms with Crippen LogP contribution >= 0.6 is 39.1 Å². The van der Waals surface area contributed by atoms with E-state index in [-0.39, 0.29) is 16.1 Å². The maximum atomic E-state index is 13.5. The number of benzene rings is 2. The van der Waals surface area contributed by atoms with E-state index in [1.807, 2.05) is 18.2 Å². The summed E-state index contributed by atoms with van der Waals surface area (Å²) in [6.45, 7) is 0.620. The summed E-state index contributed by atoms with van der Waals surface area (Å²) >= 11 is 15.1. The molecule has 0 saturated heterocycles. The highest BCUT2D eigenvalue weighted by atomic mass is 79.9. The van der Waals surface area contributed by atoms with Crippen molar-refractivity contribution in [2.24, 2.45) is 0 Å². The predicted octanol–water partition coefficient (Wildman–Crippen LogP) is 5.83. The lowest BCUT2D eigenvalue weighted by Gasteiger charge is -2.28. The number of hydrogen-bond donors (Lipinski definition) is 1. The topological polar surface area (TPSA) is 21.3 Å². The van der Waals surface area contributed by atoms with E-state index in [0.717, 1.165) is 22.2 Å². The van der Waals surface area contributed by atoms with Gasteiger partial charge in [-0.05, 0) is 30.3 Å². The van der Waals surface area contributed by atoms with Gasteiger partial charge >= 0.3 is 0 Å². The van der Waals surface area contributed by atoms with Gasteiger partial charge in [0.2, 0.25) is 0 Å². The summed E-state index contributed by atoms with van der Waals surface area (Å²) in [6, 6.07) is 9.01. The number of anilines is 1. The van der Waals surface area contributed by atoms with E-state index < -0.39 is 5.82 Å². The van der Waals surface area contributed by atoms with Crippen molar-refractivity contribution in [2.45, 2.75) is 12.5 Å². The lowest BCUT2D eigenvalue weighted by atomic mass is 10.0. The molecule has 0 saturated carbocycles. The maximum Gasteiger partial charge on any atom is 0.160 e. The molecule has 2 aromatic rings. The van der Waals surface area contributed by atoms with Gasteiger partial charge in [-0.1, -0.05) is 39.1 Å². The van der Waals surface area contributed by atoms with Gasteiger partial charge in [0.05, 0.1) is 22.7 Å². The molecule has 0 spiro atoms. The SMILES string of the molecule is Fc1c(Cl)cc(NC2CCOc3ccc(Br)cc32)cc1Cl. The molecule has 3 rings (SSSR count). The molecule has 21 heavy (non-hydrogen) atoms. The molecule has 2 nitrogen and oxygen atoms in total. The maximum absolute atomic E-state index is 13.5. The summed E-state index contributed by atoms with van der Waals surface area (Å²) in [4.78, 5) is 0. The molecule has 0 fully saturated rings. The van der Waals surface area contributed by atoms with Crippen LogP contribution in [0.15, 0.2) is 34.8 Å². The number of hydrogen-bond acceptors (Lipinski definition) is 2. The molecule has 1 unspecified atom stereocenters. The first kappa shape index (κ1) is 14.9. The van der Waals surface area contributed by atoms with Gasteiger partial charge in [-0.25, -0.2) is 4.39 Å². The molecule has 1 N–H and O–H groups in total. The molecule has 1 aliphatic heterocycles. The second kappa shape index (κ2) is 6.03. The van der Waals surface area contributed by atoms with Gasteiger partial charge < -0.3 is 10.1 Å². The van der Waals surface area contributed by atoms with Crippen molar-refractivity contribution in [1.82, 2.24) is 0 Å². The average molecular weight is 391 g/mol. The van der Waals surface area contributed by atoms with Crippen molar-refractivity contribution in [3.05, 3.63) is 56.2 Å². The van der Waals surface area contributed by atoms with Gasteiger partial charge in [0, 0.05) is 22.1 Å². The molecule has 0 aromatic heterocycles. The summed E-state index contributed by atoms with van der Waals surface area (Å²) in [6.07, 6.45) is 0.802. The van der Waals surface area contributed by atoms with E-state index in [4.69, 9.17) is 27.9 Å². The van der Waals surface area contributed by atoms with Crippen molar-refractivity contribution in [1.29, 1.82) is 0 Å². The largest absolute Gasteiger partial charge is 0.493 e. The van der Waals surface area contributed by atoms with Crippen LogP contribution in [-0.4, -0.2) is 6.61 Å². The third-order valence-corrected chi connectivity index (χ3v) is 4.38. The zero-order chi connectivity index (χ0) is 15.0. The van der Waals surface area contributed by atoms with Gasteiger partial charge in [0.25, 0.3) is 0 Å². The monoisotopic (exact) mass is 389 g/mol. The van der Waals surface area contributed by atoms with Crippen LogP contribution in [-0.2, 0) is 0 Å². The minimum atomic E-state index is -0.598. The Labute approximate surface area is 140 Å². The Bertz CT molecular complexity index is 672. The van der Waals surface area contributed by atoms with E-state index >= 15 is 0 Å². The van der Waals surface area contributed by atoms with Gasteiger partial charge in [-0.15, -0.1) is 0 Å². The zero-order valence-electron chi connectivity index (χ0n) is 10.8. The molecule has 1 atom stereocenters. The third-order valence-electron chi connectivity index (χ3n) is 3.34. The Morgan fingerprint density at radius 2 is 1.90 bits per heavy atom. The minimum Gasteiger partial charge on any atom is -0.493 e. The molecule has 0 radical (unpaired) electrons. The van der Waals surface area contributed by atoms with Crippen LogP contribution in [0.4, 0.5) is 10.1 Å². The van der Waals surface area contributed by atoms with Gasteiger partial charge in [0.1, 0.15) is 5.75 Å². The molecule has 1 aliphatic rings. The first-order valence-electron chi connectivity index (χ1n) is 6.38. The Morgan fingerprint density at radius 1 is 1.19 bits per heavy atom. The van der Waals surface area contributed by atoms with Crippen molar-refractivity contribution in [3.63, 3.8) is 0 Å².